The number of carbonyl (C=O) groups is 1. The summed E-state index contributed by atoms with van der Waals surface area (Å²) in [4.78, 5) is 20.3. The Morgan fingerprint density at radius 2 is 1.87 bits per heavy atom. The lowest BCUT2D eigenvalue weighted by Crippen LogP contribution is -2.43. The second kappa shape index (κ2) is 6.37. The van der Waals surface area contributed by atoms with Gasteiger partial charge in [0.2, 0.25) is 0 Å². The second-order valence-electron chi connectivity index (χ2n) is 8.40. The zero-order chi connectivity index (χ0) is 21.2. The van der Waals surface area contributed by atoms with Crippen molar-refractivity contribution in [3.05, 3.63) is 94.6 Å². The van der Waals surface area contributed by atoms with E-state index in [1.54, 1.807) is 42.7 Å². The van der Waals surface area contributed by atoms with Gasteiger partial charge in [0.05, 0.1) is 16.9 Å². The third kappa shape index (κ3) is 2.39. The highest BCUT2D eigenvalue weighted by atomic mass is 32.2. The SMILES string of the molecule is O=C1C=Cc2c1ccc1c2C(C2CCc3nc[nH]c3C2)(S(=O)(=O)c2ccccc2)C=C1. The minimum atomic E-state index is -3.80. The highest BCUT2D eigenvalue weighted by Gasteiger charge is 2.55. The smallest absolute Gasteiger partial charge is 0.192 e. The van der Waals surface area contributed by atoms with Gasteiger partial charge in [-0.15, -0.1) is 0 Å². The number of allylic oxidation sites excluding steroid dienone is 1. The lowest BCUT2D eigenvalue weighted by atomic mass is 9.75. The van der Waals surface area contributed by atoms with E-state index in [0.717, 1.165) is 34.5 Å². The monoisotopic (exact) mass is 428 g/mol. The molecule has 1 heterocycles. The maximum atomic E-state index is 14.4. The number of nitrogens with one attached hydrogen (secondary N) is 1. The fraction of sp³-hybridized carbons (Fsp3) is 0.200. The number of hydrogen-bond donors (Lipinski definition) is 1. The number of sulfone groups is 1. The molecule has 1 N–H and O–H groups in total. The molecule has 0 saturated heterocycles. The van der Waals surface area contributed by atoms with Crippen LogP contribution >= 0.6 is 0 Å². The highest BCUT2D eigenvalue weighted by Crippen LogP contribution is 2.54. The summed E-state index contributed by atoms with van der Waals surface area (Å²) in [6, 6.07) is 12.3. The number of rotatable bonds is 3. The van der Waals surface area contributed by atoms with Crippen molar-refractivity contribution < 1.29 is 13.2 Å². The quantitative estimate of drug-likeness (QED) is 0.681. The average molecular weight is 429 g/mol. The fourth-order valence-electron chi connectivity index (χ4n) is 5.49. The summed E-state index contributed by atoms with van der Waals surface area (Å²) < 4.78 is 27.5. The molecule has 1 aromatic heterocycles. The molecule has 2 aromatic carbocycles. The first-order valence-corrected chi connectivity index (χ1v) is 11.9. The molecule has 0 fully saturated rings. The Morgan fingerprint density at radius 1 is 1.03 bits per heavy atom. The van der Waals surface area contributed by atoms with E-state index in [1.165, 1.54) is 6.08 Å². The Labute approximate surface area is 180 Å². The van der Waals surface area contributed by atoms with Crippen molar-refractivity contribution in [2.24, 2.45) is 5.92 Å². The van der Waals surface area contributed by atoms with Gasteiger partial charge in [0.1, 0.15) is 4.75 Å². The van der Waals surface area contributed by atoms with Crippen LogP contribution in [-0.4, -0.2) is 24.2 Å². The first-order valence-electron chi connectivity index (χ1n) is 10.4. The van der Waals surface area contributed by atoms with Gasteiger partial charge in [-0.1, -0.05) is 36.4 Å². The van der Waals surface area contributed by atoms with Gasteiger partial charge < -0.3 is 4.98 Å². The molecule has 5 nitrogen and oxygen atoms in total. The zero-order valence-electron chi connectivity index (χ0n) is 16.7. The third-order valence-corrected chi connectivity index (χ3v) is 9.39. The zero-order valence-corrected chi connectivity index (χ0v) is 17.5. The van der Waals surface area contributed by atoms with Gasteiger partial charge in [0.15, 0.2) is 15.6 Å². The summed E-state index contributed by atoms with van der Waals surface area (Å²) in [5.74, 6) is -0.256. The summed E-state index contributed by atoms with van der Waals surface area (Å²) in [5, 5.41) is 0. The van der Waals surface area contributed by atoms with Crippen LogP contribution in [0.1, 0.15) is 44.9 Å². The number of H-pyrrole nitrogens is 1. The van der Waals surface area contributed by atoms with Crippen LogP contribution in [0.4, 0.5) is 0 Å². The van der Waals surface area contributed by atoms with Crippen LogP contribution in [0, 0.1) is 5.92 Å². The Kier molecular flexibility index (Phi) is 3.81. The molecule has 0 amide bonds. The molecule has 2 unspecified atom stereocenters. The van der Waals surface area contributed by atoms with Crippen LogP contribution in [0.2, 0.25) is 0 Å². The lowest BCUT2D eigenvalue weighted by Gasteiger charge is -2.39. The van der Waals surface area contributed by atoms with Crippen LogP contribution in [0.5, 0.6) is 0 Å². The van der Waals surface area contributed by atoms with E-state index >= 15 is 0 Å². The number of aryl methyl sites for hydroxylation is 1. The van der Waals surface area contributed by atoms with Gasteiger partial charge in [-0.2, -0.15) is 0 Å². The van der Waals surface area contributed by atoms with Crippen molar-refractivity contribution in [3.8, 4) is 0 Å². The average Bonchev–Trinajstić information content (AvgIpc) is 3.51. The number of aromatic nitrogens is 2. The van der Waals surface area contributed by atoms with E-state index in [4.69, 9.17) is 0 Å². The largest absolute Gasteiger partial charge is 0.348 e. The molecule has 0 spiro atoms. The minimum Gasteiger partial charge on any atom is -0.348 e. The number of benzene rings is 2. The van der Waals surface area contributed by atoms with Gasteiger partial charge >= 0.3 is 0 Å². The van der Waals surface area contributed by atoms with Crippen molar-refractivity contribution in [1.82, 2.24) is 9.97 Å². The first-order chi connectivity index (χ1) is 15.0. The Balaban J connectivity index is 1.64. The number of nitrogens with zero attached hydrogens (tertiary/aromatic N) is 1. The summed E-state index contributed by atoms with van der Waals surface area (Å²) in [6.07, 6.45) is 10.8. The van der Waals surface area contributed by atoms with Crippen LogP contribution in [-0.2, 0) is 27.4 Å². The van der Waals surface area contributed by atoms with E-state index in [2.05, 4.69) is 9.97 Å². The highest BCUT2D eigenvalue weighted by molar-refractivity contribution is 7.92. The van der Waals surface area contributed by atoms with E-state index in [-0.39, 0.29) is 11.7 Å². The van der Waals surface area contributed by atoms with Crippen LogP contribution < -0.4 is 0 Å². The predicted molar refractivity (Wildman–Crippen MR) is 118 cm³/mol. The van der Waals surface area contributed by atoms with E-state index < -0.39 is 14.6 Å². The molecule has 3 aromatic rings. The predicted octanol–water partition coefficient (Wildman–Crippen LogP) is 4.12. The number of aromatic amines is 1. The van der Waals surface area contributed by atoms with Gasteiger partial charge in [-0.3, -0.25) is 4.79 Å². The maximum absolute atomic E-state index is 14.4. The molecular formula is C25H20N2O3S. The van der Waals surface area contributed by atoms with Crippen LogP contribution in [0.15, 0.2) is 65.8 Å². The first kappa shape index (κ1) is 18.5. The Morgan fingerprint density at radius 3 is 2.71 bits per heavy atom. The molecule has 3 aliphatic rings. The number of imidazole rings is 1. The van der Waals surface area contributed by atoms with Gasteiger partial charge in [0.25, 0.3) is 0 Å². The van der Waals surface area contributed by atoms with Crippen LogP contribution in [0.25, 0.3) is 12.2 Å². The maximum Gasteiger partial charge on any atom is 0.192 e. The van der Waals surface area contributed by atoms with Crippen molar-refractivity contribution in [3.63, 3.8) is 0 Å². The molecule has 0 saturated carbocycles. The molecule has 3 aliphatic carbocycles. The van der Waals surface area contributed by atoms with Gasteiger partial charge in [-0.25, -0.2) is 13.4 Å². The molecule has 31 heavy (non-hydrogen) atoms. The van der Waals surface area contributed by atoms with Crippen LogP contribution in [0.3, 0.4) is 0 Å². The fourth-order valence-corrected chi connectivity index (χ4v) is 7.78. The molecule has 0 bridgehead atoms. The molecule has 0 aliphatic heterocycles. The van der Waals surface area contributed by atoms with Gasteiger partial charge in [-0.05, 0) is 72.2 Å². The molecule has 2 atom stereocenters. The number of ketones is 1. The number of hydrogen-bond acceptors (Lipinski definition) is 4. The Bertz CT molecular complexity index is 1400. The molecule has 6 rings (SSSR count). The Hall–Kier alpha value is -3.25. The van der Waals surface area contributed by atoms with E-state index in [9.17, 15) is 13.2 Å². The minimum absolute atomic E-state index is 0.0739. The lowest BCUT2D eigenvalue weighted by molar-refractivity contribution is 0.105. The number of carbonyl (C=O) groups excluding carboxylic acids is 1. The number of fused-ring (bicyclic) bond motifs is 4. The summed E-state index contributed by atoms with van der Waals surface area (Å²) in [5.41, 5.74) is 4.94. The van der Waals surface area contributed by atoms with Gasteiger partial charge in [0, 0.05) is 11.3 Å². The van der Waals surface area contributed by atoms with E-state index in [1.807, 2.05) is 24.3 Å². The summed E-state index contributed by atoms with van der Waals surface area (Å²) >= 11 is 0. The molecule has 154 valence electrons. The summed E-state index contributed by atoms with van der Waals surface area (Å²) in [6.45, 7) is 0. The molecular weight excluding hydrogens is 408 g/mol. The third-order valence-electron chi connectivity index (χ3n) is 6.94. The topological polar surface area (TPSA) is 79.9 Å². The molecule has 0 radical (unpaired) electrons. The van der Waals surface area contributed by atoms with Crippen molar-refractivity contribution in [2.75, 3.05) is 0 Å². The van der Waals surface area contributed by atoms with Crippen molar-refractivity contribution in [2.45, 2.75) is 28.9 Å². The normalized spacial score (nSPS) is 23.6. The second-order valence-corrected chi connectivity index (χ2v) is 10.6. The van der Waals surface area contributed by atoms with E-state index in [0.29, 0.717) is 23.3 Å². The van der Waals surface area contributed by atoms with Crippen molar-refractivity contribution in [1.29, 1.82) is 0 Å². The van der Waals surface area contributed by atoms with Crippen molar-refractivity contribution >= 4 is 27.8 Å². The summed E-state index contributed by atoms with van der Waals surface area (Å²) in [7, 11) is -3.80. The standard InChI is InChI=1S/C25H20N2O3S/c28-23-11-9-20-19(23)8-6-16-12-13-25(24(16)20,31(29,30)18-4-2-1-3-5-18)17-7-10-21-22(14-17)27-15-26-21/h1-6,8-9,11-13,15,17H,7,10,14H2,(H,26,27). The molecule has 6 heteroatoms.